The molecule has 0 aliphatic heterocycles. The Balaban J connectivity index is 4.68. The van der Waals surface area contributed by atoms with Crippen molar-refractivity contribution in [2.45, 2.75) is 19.5 Å². The lowest BCUT2D eigenvalue weighted by molar-refractivity contribution is -0.172. The number of rotatable bonds is 5. The van der Waals surface area contributed by atoms with Crippen LogP contribution in [-0.4, -0.2) is 53.7 Å². The molecule has 6 nitrogen and oxygen atoms in total. The summed E-state index contributed by atoms with van der Waals surface area (Å²) in [5, 5.41) is 8.35. The highest BCUT2D eigenvalue weighted by Crippen LogP contribution is 2.17. The Morgan fingerprint density at radius 2 is 1.83 bits per heavy atom. The molecule has 0 bridgehead atoms. The lowest BCUT2D eigenvalue weighted by atomic mass is 10.3. The number of carboxylic acids is 1. The van der Waals surface area contributed by atoms with Crippen LogP contribution in [-0.2, 0) is 19.1 Å². The monoisotopic (exact) mass is 271 g/mol. The van der Waals surface area contributed by atoms with E-state index in [4.69, 9.17) is 5.11 Å². The molecule has 0 unspecified atom stereocenters. The number of alkyl halides is 3. The van der Waals surface area contributed by atoms with Gasteiger partial charge in [0.2, 0.25) is 0 Å². The fraction of sp³-hybridized carbons (Fsp3) is 0.667. The maximum atomic E-state index is 12.1. The minimum absolute atomic E-state index is 0.103. The molecule has 0 fully saturated rings. The van der Waals surface area contributed by atoms with E-state index in [1.54, 1.807) is 0 Å². The van der Waals surface area contributed by atoms with Crippen LogP contribution in [0.3, 0.4) is 0 Å². The number of nitrogens with zero attached hydrogens (tertiary/aromatic N) is 1. The Morgan fingerprint density at radius 1 is 1.28 bits per heavy atom. The van der Waals surface area contributed by atoms with Crippen LogP contribution < -0.4 is 0 Å². The molecular weight excluding hydrogens is 259 g/mol. The van der Waals surface area contributed by atoms with Crippen molar-refractivity contribution in [1.29, 1.82) is 0 Å². The first kappa shape index (κ1) is 16.2. The second kappa shape index (κ2) is 6.82. The summed E-state index contributed by atoms with van der Waals surface area (Å²) < 4.78 is 40.7. The number of aliphatic carboxylic acids is 1. The van der Waals surface area contributed by atoms with Crippen LogP contribution >= 0.6 is 0 Å². The molecule has 0 aliphatic carbocycles. The SMILES string of the molecule is CCOC(=O)C(=O)N(CCC(=O)O)CC(F)(F)F. The number of amides is 1. The number of hydrogen-bond donors (Lipinski definition) is 1. The van der Waals surface area contributed by atoms with Gasteiger partial charge in [-0.15, -0.1) is 0 Å². The van der Waals surface area contributed by atoms with Gasteiger partial charge >= 0.3 is 24.0 Å². The predicted octanol–water partition coefficient (Wildman–Crippen LogP) is 0.415. The molecule has 1 N–H and O–H groups in total. The highest BCUT2D eigenvalue weighted by Gasteiger charge is 2.35. The first-order valence-corrected chi connectivity index (χ1v) is 4.92. The van der Waals surface area contributed by atoms with Crippen LogP contribution in [0.15, 0.2) is 0 Å². The average Bonchev–Trinajstić information content (AvgIpc) is 2.21. The zero-order valence-electron chi connectivity index (χ0n) is 9.49. The van der Waals surface area contributed by atoms with E-state index in [2.05, 4.69) is 4.74 Å². The van der Waals surface area contributed by atoms with Gasteiger partial charge < -0.3 is 14.7 Å². The zero-order chi connectivity index (χ0) is 14.3. The molecule has 18 heavy (non-hydrogen) atoms. The molecule has 104 valence electrons. The number of carbonyl (C=O) groups is 3. The van der Waals surface area contributed by atoms with Crippen molar-refractivity contribution in [3.63, 3.8) is 0 Å². The maximum Gasteiger partial charge on any atom is 0.406 e. The number of esters is 1. The Kier molecular flexibility index (Phi) is 6.14. The smallest absolute Gasteiger partial charge is 0.406 e. The third kappa shape index (κ3) is 6.71. The first-order valence-electron chi connectivity index (χ1n) is 4.92. The van der Waals surface area contributed by atoms with Crippen molar-refractivity contribution in [3.8, 4) is 0 Å². The second-order valence-electron chi connectivity index (χ2n) is 3.21. The van der Waals surface area contributed by atoms with Gasteiger partial charge in [-0.05, 0) is 6.92 Å². The van der Waals surface area contributed by atoms with Gasteiger partial charge in [0, 0.05) is 6.54 Å². The molecule has 0 heterocycles. The fourth-order valence-corrected chi connectivity index (χ4v) is 1.02. The van der Waals surface area contributed by atoms with E-state index in [-0.39, 0.29) is 11.5 Å². The summed E-state index contributed by atoms with van der Waals surface area (Å²) in [6, 6.07) is 0. The molecule has 9 heteroatoms. The van der Waals surface area contributed by atoms with Gasteiger partial charge in [0.05, 0.1) is 13.0 Å². The second-order valence-corrected chi connectivity index (χ2v) is 3.21. The van der Waals surface area contributed by atoms with Crippen molar-refractivity contribution in [1.82, 2.24) is 4.90 Å². The molecule has 1 amide bonds. The zero-order valence-corrected chi connectivity index (χ0v) is 9.49. The highest BCUT2D eigenvalue weighted by atomic mass is 19.4. The summed E-state index contributed by atoms with van der Waals surface area (Å²) in [5.41, 5.74) is 0. The van der Waals surface area contributed by atoms with E-state index < -0.39 is 43.5 Å². The number of halogens is 3. The summed E-state index contributed by atoms with van der Waals surface area (Å²) in [5.74, 6) is -4.32. The Hall–Kier alpha value is -1.80. The summed E-state index contributed by atoms with van der Waals surface area (Å²) in [7, 11) is 0. The summed E-state index contributed by atoms with van der Waals surface area (Å²) in [6.45, 7) is -1.19. The lowest BCUT2D eigenvalue weighted by Gasteiger charge is -2.22. The van der Waals surface area contributed by atoms with Crippen molar-refractivity contribution in [2.75, 3.05) is 19.7 Å². The van der Waals surface area contributed by atoms with Gasteiger partial charge in [-0.2, -0.15) is 13.2 Å². The van der Waals surface area contributed by atoms with Gasteiger partial charge in [-0.1, -0.05) is 0 Å². The van der Waals surface area contributed by atoms with Gasteiger partial charge in [0.1, 0.15) is 6.54 Å². The lowest BCUT2D eigenvalue weighted by Crippen LogP contribution is -2.44. The Morgan fingerprint density at radius 3 is 2.22 bits per heavy atom. The maximum absolute atomic E-state index is 12.1. The molecule has 0 aromatic heterocycles. The quantitative estimate of drug-likeness (QED) is 0.578. The number of ether oxygens (including phenoxy) is 1. The van der Waals surface area contributed by atoms with Crippen LogP contribution in [0.2, 0.25) is 0 Å². The van der Waals surface area contributed by atoms with Crippen molar-refractivity contribution in [2.24, 2.45) is 0 Å². The normalized spacial score (nSPS) is 10.9. The Labute approximate surface area is 100 Å². The molecule has 0 saturated carbocycles. The molecule has 0 saturated heterocycles. The van der Waals surface area contributed by atoms with E-state index in [0.29, 0.717) is 0 Å². The summed E-state index contributed by atoms with van der Waals surface area (Å²) in [6.07, 6.45) is -5.41. The number of carbonyl (C=O) groups excluding carboxylic acids is 2. The third-order valence-corrected chi connectivity index (χ3v) is 1.70. The third-order valence-electron chi connectivity index (χ3n) is 1.70. The standard InChI is InChI=1S/C9H12F3NO5/c1-2-18-8(17)7(16)13(4-3-6(14)15)5-9(10,11)12/h2-5H2,1H3,(H,14,15). The van der Waals surface area contributed by atoms with E-state index in [1.165, 1.54) is 6.92 Å². The van der Waals surface area contributed by atoms with E-state index in [9.17, 15) is 27.6 Å². The van der Waals surface area contributed by atoms with Crippen molar-refractivity contribution in [3.05, 3.63) is 0 Å². The Bertz CT molecular complexity index is 329. The summed E-state index contributed by atoms with van der Waals surface area (Å²) in [4.78, 5) is 32.6. The summed E-state index contributed by atoms with van der Waals surface area (Å²) >= 11 is 0. The van der Waals surface area contributed by atoms with Crippen molar-refractivity contribution < 1.29 is 37.4 Å². The first-order chi connectivity index (χ1) is 8.17. The average molecular weight is 271 g/mol. The molecule has 0 atom stereocenters. The molecule has 0 spiro atoms. The van der Waals surface area contributed by atoms with Crippen LogP contribution in [0.5, 0.6) is 0 Å². The van der Waals surface area contributed by atoms with Gasteiger partial charge in [0.25, 0.3) is 0 Å². The van der Waals surface area contributed by atoms with Gasteiger partial charge in [-0.25, -0.2) is 4.79 Å². The van der Waals surface area contributed by atoms with E-state index >= 15 is 0 Å². The van der Waals surface area contributed by atoms with Crippen molar-refractivity contribution >= 4 is 17.8 Å². The van der Waals surface area contributed by atoms with Crippen LogP contribution in [0.1, 0.15) is 13.3 Å². The van der Waals surface area contributed by atoms with Crippen LogP contribution in [0, 0.1) is 0 Å². The number of hydrogen-bond acceptors (Lipinski definition) is 4. The molecule has 0 radical (unpaired) electrons. The minimum atomic E-state index is -4.72. The van der Waals surface area contributed by atoms with Gasteiger partial charge in [-0.3, -0.25) is 9.59 Å². The fourth-order valence-electron chi connectivity index (χ4n) is 1.02. The number of carboxylic acid groups (broad SMARTS) is 1. The predicted molar refractivity (Wildman–Crippen MR) is 51.5 cm³/mol. The van der Waals surface area contributed by atoms with E-state index in [0.717, 1.165) is 0 Å². The van der Waals surface area contributed by atoms with Gasteiger partial charge in [0.15, 0.2) is 0 Å². The topological polar surface area (TPSA) is 83.9 Å². The van der Waals surface area contributed by atoms with Crippen LogP contribution in [0.25, 0.3) is 0 Å². The largest absolute Gasteiger partial charge is 0.481 e. The molecular formula is C9H12F3NO5. The molecule has 0 aliphatic rings. The molecule has 0 aromatic rings. The molecule has 0 aromatic carbocycles. The van der Waals surface area contributed by atoms with Crippen LogP contribution in [0.4, 0.5) is 13.2 Å². The minimum Gasteiger partial charge on any atom is -0.481 e. The highest BCUT2D eigenvalue weighted by molar-refractivity contribution is 6.32. The van der Waals surface area contributed by atoms with E-state index in [1.807, 2.05) is 0 Å². The molecule has 0 rings (SSSR count).